The minimum atomic E-state index is -2.39. The van der Waals surface area contributed by atoms with E-state index < -0.39 is 30.1 Å². The normalized spacial score (nSPS) is 21.4. The zero-order valence-electron chi connectivity index (χ0n) is 14.3. The van der Waals surface area contributed by atoms with Gasteiger partial charge in [0.25, 0.3) is 0 Å². The Labute approximate surface area is 136 Å². The molecule has 3 nitrogen and oxygen atoms in total. The first-order valence-electron chi connectivity index (χ1n) is 7.77. The molecule has 1 aliphatic rings. The van der Waals surface area contributed by atoms with Crippen molar-refractivity contribution in [2.45, 2.75) is 59.6 Å². The Balaban J connectivity index is 1.98. The van der Waals surface area contributed by atoms with E-state index in [0.29, 0.717) is 0 Å². The maximum absolute atomic E-state index is 14.3. The van der Waals surface area contributed by atoms with Crippen LogP contribution in [0.1, 0.15) is 38.7 Å². The third-order valence-electron chi connectivity index (χ3n) is 3.72. The van der Waals surface area contributed by atoms with Gasteiger partial charge in [0.1, 0.15) is 0 Å². The van der Waals surface area contributed by atoms with Gasteiger partial charge in [0.05, 0.1) is 0 Å². The fraction of sp³-hybridized carbons (Fsp3) is 0.588. The van der Waals surface area contributed by atoms with Gasteiger partial charge >= 0.3 is 136 Å². The van der Waals surface area contributed by atoms with Crippen molar-refractivity contribution in [3.05, 3.63) is 29.6 Å². The summed E-state index contributed by atoms with van der Waals surface area (Å²) in [4.78, 5) is 18.4. The number of nitrogens with one attached hydrogen (secondary N) is 1. The van der Waals surface area contributed by atoms with Gasteiger partial charge in [0.15, 0.2) is 0 Å². The summed E-state index contributed by atoms with van der Waals surface area (Å²) >= 11 is -2.39. The predicted molar refractivity (Wildman–Crippen MR) is 89.9 cm³/mol. The molecule has 1 aromatic carbocycles. The quantitative estimate of drug-likeness (QED) is 0.766. The van der Waals surface area contributed by atoms with Crippen LogP contribution in [0.25, 0.3) is 0 Å². The molecule has 0 radical (unpaired) electrons. The molecule has 0 aromatic heterocycles. The van der Waals surface area contributed by atoms with Crippen LogP contribution in [-0.2, 0) is 4.74 Å². The molecule has 1 aromatic rings. The van der Waals surface area contributed by atoms with Crippen LogP contribution in [0, 0.1) is 5.82 Å². The van der Waals surface area contributed by atoms with Crippen LogP contribution in [0.3, 0.4) is 0 Å². The number of halogens is 1. The van der Waals surface area contributed by atoms with E-state index in [1.165, 1.54) is 0 Å². The molecule has 0 spiro atoms. The van der Waals surface area contributed by atoms with Gasteiger partial charge in [0.2, 0.25) is 0 Å². The fourth-order valence-corrected chi connectivity index (χ4v) is 6.47. The molecule has 122 valence electrons. The molecule has 5 heteroatoms. The Morgan fingerprint density at radius 2 is 1.95 bits per heavy atom. The van der Waals surface area contributed by atoms with Crippen molar-refractivity contribution in [1.29, 1.82) is 0 Å². The van der Waals surface area contributed by atoms with Crippen LogP contribution in [0.15, 0.2) is 18.2 Å². The summed E-state index contributed by atoms with van der Waals surface area (Å²) in [7, 11) is 0. The van der Waals surface area contributed by atoms with Crippen LogP contribution in [0.5, 0.6) is 0 Å². The summed E-state index contributed by atoms with van der Waals surface area (Å²) < 4.78 is 20.5. The second kappa shape index (κ2) is 6.02. The third kappa shape index (κ3) is 4.61. The van der Waals surface area contributed by atoms with Crippen molar-refractivity contribution in [1.82, 2.24) is 5.32 Å². The molecule has 0 unspecified atom stereocenters. The van der Waals surface area contributed by atoms with E-state index in [-0.39, 0.29) is 17.8 Å². The average molecular weight is 414 g/mol. The second-order valence-corrected chi connectivity index (χ2v) is 22.5. The van der Waals surface area contributed by atoms with Gasteiger partial charge in [0, 0.05) is 0 Å². The third-order valence-corrected chi connectivity index (χ3v) is 9.49. The number of hydrogen-bond donors (Lipinski definition) is 1. The van der Waals surface area contributed by atoms with Crippen LogP contribution < -0.4 is 8.90 Å². The summed E-state index contributed by atoms with van der Waals surface area (Å²) in [5.74, 6) is 0.120. The van der Waals surface area contributed by atoms with Crippen molar-refractivity contribution in [2.24, 2.45) is 0 Å². The van der Waals surface area contributed by atoms with Crippen molar-refractivity contribution in [3.8, 4) is 0 Å². The minimum absolute atomic E-state index is 0.0539. The first kappa shape index (κ1) is 17.6. The van der Waals surface area contributed by atoms with Crippen LogP contribution >= 0.6 is 0 Å². The molecule has 22 heavy (non-hydrogen) atoms. The molecular weight excluding hydrogens is 388 g/mol. The second-order valence-electron chi connectivity index (χ2n) is 8.08. The molecule has 0 saturated heterocycles. The Morgan fingerprint density at radius 1 is 1.32 bits per heavy atom. The molecule has 2 rings (SSSR count). The van der Waals surface area contributed by atoms with Gasteiger partial charge < -0.3 is 0 Å². The zero-order valence-corrected chi connectivity index (χ0v) is 17.1. The van der Waals surface area contributed by atoms with Gasteiger partial charge in [-0.3, -0.25) is 0 Å². The number of alkyl carbamates (subject to hydrolysis) is 1. The number of benzene rings is 1. The van der Waals surface area contributed by atoms with Gasteiger partial charge in [-0.15, -0.1) is 0 Å². The van der Waals surface area contributed by atoms with Gasteiger partial charge in [-0.25, -0.2) is 0 Å². The average Bonchev–Trinajstić information content (AvgIpc) is 3.03. The van der Waals surface area contributed by atoms with E-state index in [2.05, 4.69) is 20.1 Å². The number of carbonyl (C=O) groups is 1. The van der Waals surface area contributed by atoms with E-state index in [4.69, 9.17) is 4.74 Å². The van der Waals surface area contributed by atoms with Gasteiger partial charge in [-0.1, -0.05) is 0 Å². The van der Waals surface area contributed by atoms with Crippen molar-refractivity contribution < 1.29 is 13.9 Å². The SMILES string of the molecule is CC(C)(C)OC(=O)N[C@@H]1C[C@H]1c1cc[c]([Sn]([CH3])([CH3])[CH3])c(F)c1. The maximum atomic E-state index is 14.3. The van der Waals surface area contributed by atoms with Crippen molar-refractivity contribution in [2.75, 3.05) is 0 Å². The monoisotopic (exact) mass is 415 g/mol. The fourth-order valence-electron chi connectivity index (χ4n) is 2.55. The molecule has 1 saturated carbocycles. The summed E-state index contributed by atoms with van der Waals surface area (Å²) in [5.41, 5.74) is 0.472. The number of ether oxygens (including phenoxy) is 1. The molecular formula is C17H26FNO2Sn. The topological polar surface area (TPSA) is 38.3 Å². The Bertz CT molecular complexity index is 575. The summed E-state index contributed by atoms with van der Waals surface area (Å²) in [6, 6.07) is 5.67. The Morgan fingerprint density at radius 3 is 2.45 bits per heavy atom. The first-order chi connectivity index (χ1) is 9.97. The van der Waals surface area contributed by atoms with Crippen LogP contribution in [0.4, 0.5) is 9.18 Å². The number of hydrogen-bond acceptors (Lipinski definition) is 2. The Hall–Kier alpha value is -0.781. The summed E-state index contributed by atoms with van der Waals surface area (Å²) in [6.07, 6.45) is 0.444. The molecule has 0 aliphatic heterocycles. The molecule has 1 fully saturated rings. The molecule has 1 N–H and O–H groups in total. The van der Waals surface area contributed by atoms with Gasteiger partial charge in [-0.2, -0.15) is 0 Å². The van der Waals surface area contributed by atoms with E-state index in [1.807, 2.05) is 32.9 Å². The van der Waals surface area contributed by atoms with Crippen LogP contribution in [-0.4, -0.2) is 36.1 Å². The zero-order chi connectivity index (χ0) is 16.7. The molecule has 1 amide bonds. The number of rotatable bonds is 3. The molecule has 2 atom stereocenters. The predicted octanol–water partition coefficient (Wildman–Crippen LogP) is 3.75. The van der Waals surface area contributed by atoms with Gasteiger partial charge in [-0.05, 0) is 0 Å². The summed E-state index contributed by atoms with van der Waals surface area (Å²) in [5, 5.41) is 2.85. The number of carbonyl (C=O) groups excluding carboxylic acids is 1. The van der Waals surface area contributed by atoms with E-state index in [0.717, 1.165) is 15.6 Å². The van der Waals surface area contributed by atoms with E-state index in [1.54, 1.807) is 6.07 Å². The molecule has 0 bridgehead atoms. The van der Waals surface area contributed by atoms with Crippen molar-refractivity contribution >= 4 is 28.0 Å². The van der Waals surface area contributed by atoms with Crippen LogP contribution in [0.2, 0.25) is 14.8 Å². The molecule has 0 heterocycles. The first-order valence-corrected chi connectivity index (χ1v) is 17.8. The molecule has 1 aliphatic carbocycles. The standard InChI is InChI=1S/C14H17FNO2.3CH3.Sn/c1-14(2,3)18-13(17)16-12-8-11(12)9-5-4-6-10(15)7-9;;;;/h4-5,7,11-12H,8H2,1-3H3,(H,16,17);3*1H3;/t11-,12+;;;;/m0..../s1. The van der Waals surface area contributed by atoms with E-state index >= 15 is 0 Å². The Kier molecular flexibility index (Phi) is 4.81. The van der Waals surface area contributed by atoms with E-state index in [9.17, 15) is 9.18 Å². The van der Waals surface area contributed by atoms with Crippen molar-refractivity contribution in [3.63, 3.8) is 0 Å². The number of amides is 1. The summed E-state index contributed by atoms with van der Waals surface area (Å²) in [6.45, 7) is 5.51.